The summed E-state index contributed by atoms with van der Waals surface area (Å²) in [5.74, 6) is -0.00776. The molecule has 3 rings (SSSR count). The van der Waals surface area contributed by atoms with E-state index in [0.29, 0.717) is 5.16 Å². The van der Waals surface area contributed by atoms with Gasteiger partial charge in [-0.2, -0.15) is 4.68 Å². The lowest BCUT2D eigenvalue weighted by molar-refractivity contribution is -0.120. The van der Waals surface area contributed by atoms with Gasteiger partial charge in [0.2, 0.25) is 11.1 Å². The van der Waals surface area contributed by atoms with Gasteiger partial charge in [0.15, 0.2) is 0 Å². The Kier molecular flexibility index (Phi) is 7.04. The van der Waals surface area contributed by atoms with Gasteiger partial charge >= 0.3 is 0 Å². The van der Waals surface area contributed by atoms with E-state index in [-0.39, 0.29) is 17.2 Å². The number of thioether (sulfide) groups is 1. The zero-order chi connectivity index (χ0) is 20.8. The Morgan fingerprint density at radius 3 is 2.45 bits per heavy atom. The van der Waals surface area contributed by atoms with E-state index in [2.05, 4.69) is 33.0 Å². The molecule has 2 aromatic carbocycles. The first-order chi connectivity index (χ1) is 14.0. The average Bonchev–Trinajstić information content (AvgIpc) is 3.14. The molecule has 0 spiro atoms. The van der Waals surface area contributed by atoms with Gasteiger partial charge in [-0.3, -0.25) is 4.79 Å². The van der Waals surface area contributed by atoms with E-state index in [1.807, 2.05) is 64.1 Å². The maximum Gasteiger partial charge on any atom is 0.233 e. The third-order valence-corrected chi connectivity index (χ3v) is 5.87. The van der Waals surface area contributed by atoms with Crippen LogP contribution in [0.25, 0.3) is 5.69 Å². The van der Waals surface area contributed by atoms with Crippen molar-refractivity contribution in [1.82, 2.24) is 25.5 Å². The molecule has 7 heteroatoms. The van der Waals surface area contributed by atoms with Crippen LogP contribution in [0.1, 0.15) is 37.0 Å². The van der Waals surface area contributed by atoms with Gasteiger partial charge in [-0.15, -0.1) is 5.10 Å². The third kappa shape index (κ3) is 5.44. The first-order valence-corrected chi connectivity index (χ1v) is 10.7. The molecule has 0 unspecified atom stereocenters. The highest BCUT2D eigenvalue weighted by Gasteiger charge is 2.21. The van der Waals surface area contributed by atoms with Crippen molar-refractivity contribution in [2.75, 3.05) is 0 Å². The highest BCUT2D eigenvalue weighted by Crippen LogP contribution is 2.26. The number of hydrogen-bond donors (Lipinski definition) is 1. The van der Waals surface area contributed by atoms with Crippen molar-refractivity contribution in [3.63, 3.8) is 0 Å². The summed E-state index contributed by atoms with van der Waals surface area (Å²) in [6.07, 6.45) is 1.84. The van der Waals surface area contributed by atoms with Gasteiger partial charge in [-0.25, -0.2) is 0 Å². The number of rotatable bonds is 8. The van der Waals surface area contributed by atoms with Crippen LogP contribution in [0.3, 0.4) is 0 Å². The second-order valence-electron chi connectivity index (χ2n) is 7.31. The summed E-state index contributed by atoms with van der Waals surface area (Å²) in [4.78, 5) is 12.7. The third-order valence-electron chi connectivity index (χ3n) is 4.84. The van der Waals surface area contributed by atoms with Crippen molar-refractivity contribution < 1.29 is 4.79 Å². The van der Waals surface area contributed by atoms with Crippen LogP contribution in [0.4, 0.5) is 0 Å². The van der Waals surface area contributed by atoms with Crippen LogP contribution in [-0.2, 0) is 11.2 Å². The molecular formula is C22H27N5OS. The number of aryl methyl sites for hydroxylation is 3. The predicted molar refractivity (Wildman–Crippen MR) is 116 cm³/mol. The average molecular weight is 410 g/mol. The van der Waals surface area contributed by atoms with Crippen LogP contribution in [0.5, 0.6) is 0 Å². The molecular weight excluding hydrogens is 382 g/mol. The van der Waals surface area contributed by atoms with E-state index >= 15 is 0 Å². The number of carbonyl (C=O) groups is 1. The lowest BCUT2D eigenvalue weighted by Gasteiger charge is -2.17. The molecule has 2 atom stereocenters. The monoisotopic (exact) mass is 409 g/mol. The van der Waals surface area contributed by atoms with Gasteiger partial charge < -0.3 is 5.32 Å². The molecule has 0 radical (unpaired) electrons. The molecule has 1 aromatic heterocycles. The zero-order valence-corrected chi connectivity index (χ0v) is 18.1. The molecule has 29 heavy (non-hydrogen) atoms. The summed E-state index contributed by atoms with van der Waals surface area (Å²) in [5.41, 5.74) is 4.42. The fourth-order valence-electron chi connectivity index (χ4n) is 3.20. The minimum atomic E-state index is -0.303. The van der Waals surface area contributed by atoms with Crippen molar-refractivity contribution in [2.24, 2.45) is 0 Å². The number of amides is 1. The topological polar surface area (TPSA) is 72.7 Å². The maximum absolute atomic E-state index is 12.7. The molecule has 0 bridgehead atoms. The van der Waals surface area contributed by atoms with Crippen LogP contribution in [-0.4, -0.2) is 37.4 Å². The van der Waals surface area contributed by atoms with E-state index in [1.54, 1.807) is 4.68 Å². The molecule has 1 amide bonds. The Labute approximate surface area is 176 Å². The summed E-state index contributed by atoms with van der Waals surface area (Å²) in [7, 11) is 0. The van der Waals surface area contributed by atoms with Crippen molar-refractivity contribution in [3.05, 3.63) is 65.2 Å². The molecule has 6 nitrogen and oxygen atoms in total. The number of para-hydroxylation sites is 1. The maximum atomic E-state index is 12.7. The van der Waals surface area contributed by atoms with Crippen LogP contribution < -0.4 is 5.32 Å². The smallest absolute Gasteiger partial charge is 0.233 e. The van der Waals surface area contributed by atoms with Gasteiger partial charge in [0.1, 0.15) is 0 Å². The Morgan fingerprint density at radius 1 is 1.07 bits per heavy atom. The fraction of sp³-hybridized carbons (Fsp3) is 0.364. The SMILES string of the molecule is Cc1cccc(C)c1-n1nnnc1S[C@@H](C)C(=O)N[C@H](C)CCc1ccccc1. The van der Waals surface area contributed by atoms with Gasteiger partial charge in [-0.1, -0.05) is 60.3 Å². The molecule has 0 saturated carbocycles. The number of nitrogens with zero attached hydrogens (tertiary/aromatic N) is 4. The highest BCUT2D eigenvalue weighted by molar-refractivity contribution is 8.00. The summed E-state index contributed by atoms with van der Waals surface area (Å²) in [6.45, 7) is 7.98. The van der Waals surface area contributed by atoms with E-state index in [9.17, 15) is 4.79 Å². The summed E-state index contributed by atoms with van der Waals surface area (Å²) in [6, 6.07) is 16.5. The van der Waals surface area contributed by atoms with E-state index in [1.165, 1.54) is 17.3 Å². The Balaban J connectivity index is 1.60. The number of nitrogens with one attached hydrogen (secondary N) is 1. The summed E-state index contributed by atoms with van der Waals surface area (Å²) in [5, 5.41) is 15.5. The Morgan fingerprint density at radius 2 is 1.76 bits per heavy atom. The van der Waals surface area contributed by atoms with Crippen molar-refractivity contribution in [2.45, 2.75) is 57.0 Å². The van der Waals surface area contributed by atoms with E-state index in [0.717, 1.165) is 29.7 Å². The second kappa shape index (κ2) is 9.69. The van der Waals surface area contributed by atoms with Crippen LogP contribution in [0.15, 0.2) is 53.7 Å². The largest absolute Gasteiger partial charge is 0.353 e. The number of aromatic nitrogens is 4. The minimum Gasteiger partial charge on any atom is -0.353 e. The van der Waals surface area contributed by atoms with Gasteiger partial charge in [0, 0.05) is 6.04 Å². The summed E-state index contributed by atoms with van der Waals surface area (Å²) < 4.78 is 1.72. The number of tetrazole rings is 1. The second-order valence-corrected chi connectivity index (χ2v) is 8.62. The number of hydrogen-bond acceptors (Lipinski definition) is 5. The lowest BCUT2D eigenvalue weighted by atomic mass is 10.1. The first-order valence-electron chi connectivity index (χ1n) is 9.81. The molecule has 0 fully saturated rings. The van der Waals surface area contributed by atoms with Gasteiger partial charge in [0.05, 0.1) is 10.9 Å². The summed E-state index contributed by atoms with van der Waals surface area (Å²) >= 11 is 1.37. The highest BCUT2D eigenvalue weighted by atomic mass is 32.2. The van der Waals surface area contributed by atoms with Crippen LogP contribution in [0, 0.1) is 13.8 Å². The van der Waals surface area contributed by atoms with Crippen LogP contribution in [0.2, 0.25) is 0 Å². The molecule has 0 saturated heterocycles. The molecule has 1 heterocycles. The number of carbonyl (C=O) groups excluding carboxylic acids is 1. The predicted octanol–water partition coefficient (Wildman–Crippen LogP) is 3.90. The zero-order valence-electron chi connectivity index (χ0n) is 17.3. The molecule has 3 aromatic rings. The van der Waals surface area contributed by atoms with Crippen molar-refractivity contribution in [3.8, 4) is 5.69 Å². The van der Waals surface area contributed by atoms with Crippen molar-refractivity contribution >= 4 is 17.7 Å². The van der Waals surface area contributed by atoms with Gasteiger partial charge in [0.25, 0.3) is 0 Å². The lowest BCUT2D eigenvalue weighted by Crippen LogP contribution is -2.38. The Hall–Kier alpha value is -2.67. The normalized spacial score (nSPS) is 13.1. The molecule has 0 aliphatic carbocycles. The number of benzene rings is 2. The van der Waals surface area contributed by atoms with Crippen LogP contribution >= 0.6 is 11.8 Å². The quantitative estimate of drug-likeness (QED) is 0.571. The molecule has 152 valence electrons. The standard InChI is InChI=1S/C22H27N5OS/c1-15-9-8-10-16(2)20(15)27-22(24-25-26-27)29-18(4)21(28)23-17(3)13-14-19-11-6-5-7-12-19/h5-12,17-18H,13-14H2,1-4H3,(H,23,28)/t17-,18+/m1/s1. The van der Waals surface area contributed by atoms with E-state index < -0.39 is 0 Å². The van der Waals surface area contributed by atoms with Crippen molar-refractivity contribution in [1.29, 1.82) is 0 Å². The fourth-order valence-corrected chi connectivity index (χ4v) is 4.01. The first kappa shape index (κ1) is 21.0. The van der Waals surface area contributed by atoms with Gasteiger partial charge in [-0.05, 0) is 67.7 Å². The Bertz CT molecular complexity index is 937. The minimum absolute atomic E-state index is 0.00776. The molecule has 0 aliphatic heterocycles. The van der Waals surface area contributed by atoms with E-state index in [4.69, 9.17) is 0 Å². The molecule has 0 aliphatic rings. The molecule has 1 N–H and O–H groups in total.